The monoisotopic (exact) mass is 342 g/mol. The molecule has 1 atom stereocenters. The summed E-state index contributed by atoms with van der Waals surface area (Å²) in [5.74, 6) is 0.0383. The molecule has 4 rings (SSSR count). The number of carbonyl (C=O) groups is 1. The maximum absolute atomic E-state index is 13.1. The van der Waals surface area contributed by atoms with Crippen LogP contribution in [0.3, 0.4) is 0 Å². The van der Waals surface area contributed by atoms with Crippen molar-refractivity contribution in [3.63, 3.8) is 0 Å². The molecule has 26 heavy (non-hydrogen) atoms. The fourth-order valence-electron chi connectivity index (χ4n) is 3.83. The van der Waals surface area contributed by atoms with Gasteiger partial charge in [-0.25, -0.2) is 0 Å². The molecule has 0 radical (unpaired) electrons. The standard InChI is InChI=1S/C23H22N2O/c1-16-19(13-14-21(24-16)18-9-4-3-5-10-18)23(26)25(2)22-15-12-17-8-6-7-11-20(17)22/h3-11,13-14,22H,12,15H2,1-2H3/t22-/m1/s1. The molecule has 1 heterocycles. The van der Waals surface area contributed by atoms with Gasteiger partial charge in [0.05, 0.1) is 23.0 Å². The van der Waals surface area contributed by atoms with E-state index in [1.54, 1.807) is 0 Å². The summed E-state index contributed by atoms with van der Waals surface area (Å²) in [6, 6.07) is 22.5. The van der Waals surface area contributed by atoms with E-state index in [2.05, 4.69) is 29.2 Å². The van der Waals surface area contributed by atoms with Crippen LogP contribution in [0.2, 0.25) is 0 Å². The highest BCUT2D eigenvalue weighted by atomic mass is 16.2. The molecule has 1 aliphatic rings. The van der Waals surface area contributed by atoms with Gasteiger partial charge in [0.2, 0.25) is 0 Å². The molecule has 0 unspecified atom stereocenters. The fourth-order valence-corrected chi connectivity index (χ4v) is 3.83. The number of hydrogen-bond donors (Lipinski definition) is 0. The lowest BCUT2D eigenvalue weighted by atomic mass is 10.0. The van der Waals surface area contributed by atoms with Gasteiger partial charge in [-0.1, -0.05) is 54.6 Å². The smallest absolute Gasteiger partial charge is 0.255 e. The predicted molar refractivity (Wildman–Crippen MR) is 104 cm³/mol. The first-order valence-electron chi connectivity index (χ1n) is 9.03. The second-order valence-corrected chi connectivity index (χ2v) is 6.86. The average molecular weight is 342 g/mol. The van der Waals surface area contributed by atoms with Crippen molar-refractivity contribution in [2.75, 3.05) is 7.05 Å². The van der Waals surface area contributed by atoms with E-state index in [0.717, 1.165) is 29.8 Å². The lowest BCUT2D eigenvalue weighted by Gasteiger charge is -2.26. The van der Waals surface area contributed by atoms with Crippen LogP contribution in [0.5, 0.6) is 0 Å². The third-order valence-corrected chi connectivity index (χ3v) is 5.27. The molecular formula is C23H22N2O. The maximum Gasteiger partial charge on any atom is 0.255 e. The van der Waals surface area contributed by atoms with Gasteiger partial charge in [0, 0.05) is 12.6 Å². The van der Waals surface area contributed by atoms with Gasteiger partial charge in [0.1, 0.15) is 0 Å². The first-order chi connectivity index (χ1) is 12.6. The number of nitrogens with zero attached hydrogens (tertiary/aromatic N) is 2. The van der Waals surface area contributed by atoms with E-state index in [1.807, 2.05) is 61.3 Å². The molecule has 3 nitrogen and oxygen atoms in total. The SMILES string of the molecule is Cc1nc(-c2ccccc2)ccc1C(=O)N(C)[C@@H]1CCc2ccccc21. The summed E-state index contributed by atoms with van der Waals surface area (Å²) >= 11 is 0. The maximum atomic E-state index is 13.1. The third-order valence-electron chi connectivity index (χ3n) is 5.27. The number of hydrogen-bond acceptors (Lipinski definition) is 2. The van der Waals surface area contributed by atoms with Crippen molar-refractivity contribution in [3.8, 4) is 11.3 Å². The van der Waals surface area contributed by atoms with Crippen molar-refractivity contribution in [1.82, 2.24) is 9.88 Å². The lowest BCUT2D eigenvalue weighted by molar-refractivity contribution is 0.0729. The number of pyridine rings is 1. The molecule has 2 aromatic carbocycles. The van der Waals surface area contributed by atoms with Crippen molar-refractivity contribution in [2.24, 2.45) is 0 Å². The highest BCUT2D eigenvalue weighted by molar-refractivity contribution is 5.95. The van der Waals surface area contributed by atoms with Gasteiger partial charge in [0.25, 0.3) is 5.91 Å². The van der Waals surface area contributed by atoms with Gasteiger partial charge in [0.15, 0.2) is 0 Å². The molecule has 0 aliphatic heterocycles. The van der Waals surface area contributed by atoms with E-state index in [1.165, 1.54) is 11.1 Å². The molecule has 1 aromatic heterocycles. The molecule has 3 aromatic rings. The van der Waals surface area contributed by atoms with Gasteiger partial charge in [-0.3, -0.25) is 9.78 Å². The van der Waals surface area contributed by atoms with Gasteiger partial charge in [-0.2, -0.15) is 0 Å². The number of aryl methyl sites for hydroxylation is 2. The van der Waals surface area contributed by atoms with Crippen LogP contribution in [0.4, 0.5) is 0 Å². The Morgan fingerprint density at radius 1 is 1.00 bits per heavy atom. The van der Waals surface area contributed by atoms with E-state index in [9.17, 15) is 4.79 Å². The van der Waals surface area contributed by atoms with Crippen LogP contribution in [0.15, 0.2) is 66.7 Å². The molecule has 0 saturated heterocycles. The summed E-state index contributed by atoms with van der Waals surface area (Å²) in [6.45, 7) is 1.91. The largest absolute Gasteiger partial charge is 0.335 e. The molecule has 130 valence electrons. The number of amides is 1. The highest BCUT2D eigenvalue weighted by Crippen LogP contribution is 2.35. The molecule has 0 bridgehead atoms. The average Bonchev–Trinajstić information content (AvgIpc) is 3.11. The quantitative estimate of drug-likeness (QED) is 0.684. The topological polar surface area (TPSA) is 33.2 Å². The number of carbonyl (C=O) groups excluding carboxylic acids is 1. The van der Waals surface area contributed by atoms with Crippen LogP contribution in [0.1, 0.15) is 39.6 Å². The minimum absolute atomic E-state index is 0.0383. The Morgan fingerprint density at radius 3 is 2.50 bits per heavy atom. The number of benzene rings is 2. The Hall–Kier alpha value is -2.94. The molecule has 0 spiro atoms. The van der Waals surface area contributed by atoms with E-state index in [0.29, 0.717) is 5.56 Å². The number of aromatic nitrogens is 1. The van der Waals surface area contributed by atoms with Crippen molar-refractivity contribution in [1.29, 1.82) is 0 Å². The summed E-state index contributed by atoms with van der Waals surface area (Å²) in [5, 5.41) is 0. The fraction of sp³-hybridized carbons (Fsp3) is 0.217. The number of rotatable bonds is 3. The Bertz CT molecular complexity index is 949. The lowest BCUT2D eigenvalue weighted by Crippen LogP contribution is -2.30. The zero-order chi connectivity index (χ0) is 18.1. The van der Waals surface area contributed by atoms with Crippen molar-refractivity contribution in [3.05, 3.63) is 89.1 Å². The minimum Gasteiger partial charge on any atom is -0.335 e. The van der Waals surface area contributed by atoms with Gasteiger partial charge in [-0.05, 0) is 43.0 Å². The molecule has 0 fully saturated rings. The first-order valence-corrected chi connectivity index (χ1v) is 9.03. The second kappa shape index (κ2) is 6.75. The van der Waals surface area contributed by atoms with Crippen molar-refractivity contribution >= 4 is 5.91 Å². The zero-order valence-corrected chi connectivity index (χ0v) is 15.1. The zero-order valence-electron chi connectivity index (χ0n) is 15.1. The Morgan fingerprint density at radius 2 is 1.73 bits per heavy atom. The van der Waals surface area contributed by atoms with Crippen LogP contribution in [-0.2, 0) is 6.42 Å². The minimum atomic E-state index is 0.0383. The van der Waals surface area contributed by atoms with Gasteiger partial charge in [-0.15, -0.1) is 0 Å². The van der Waals surface area contributed by atoms with Crippen LogP contribution >= 0.6 is 0 Å². The Kier molecular flexibility index (Phi) is 4.29. The predicted octanol–water partition coefficient (Wildman–Crippen LogP) is 4.82. The third kappa shape index (κ3) is 2.90. The van der Waals surface area contributed by atoms with Crippen molar-refractivity contribution < 1.29 is 4.79 Å². The van der Waals surface area contributed by atoms with Crippen molar-refractivity contribution in [2.45, 2.75) is 25.8 Å². The van der Waals surface area contributed by atoms with Gasteiger partial charge >= 0.3 is 0 Å². The second-order valence-electron chi connectivity index (χ2n) is 6.86. The molecule has 0 N–H and O–H groups in total. The summed E-state index contributed by atoms with van der Waals surface area (Å²) in [4.78, 5) is 19.6. The molecule has 1 amide bonds. The summed E-state index contributed by atoms with van der Waals surface area (Å²) in [7, 11) is 1.90. The van der Waals surface area contributed by atoms with E-state index < -0.39 is 0 Å². The van der Waals surface area contributed by atoms with Gasteiger partial charge < -0.3 is 4.90 Å². The summed E-state index contributed by atoms with van der Waals surface area (Å²) in [6.07, 6.45) is 2.01. The normalized spacial score (nSPS) is 15.5. The summed E-state index contributed by atoms with van der Waals surface area (Å²) in [5.41, 5.74) is 6.04. The molecule has 0 saturated carbocycles. The van der Waals surface area contributed by atoms with Crippen LogP contribution in [0, 0.1) is 6.92 Å². The molecular weight excluding hydrogens is 320 g/mol. The highest BCUT2D eigenvalue weighted by Gasteiger charge is 2.29. The molecule has 3 heteroatoms. The van der Waals surface area contributed by atoms with Crippen LogP contribution in [0.25, 0.3) is 11.3 Å². The first kappa shape index (κ1) is 16.5. The summed E-state index contributed by atoms with van der Waals surface area (Å²) < 4.78 is 0. The van der Waals surface area contributed by atoms with E-state index in [-0.39, 0.29) is 11.9 Å². The Labute approximate surface area is 154 Å². The number of fused-ring (bicyclic) bond motifs is 1. The Balaban J connectivity index is 1.61. The van der Waals surface area contributed by atoms with E-state index in [4.69, 9.17) is 0 Å². The van der Waals surface area contributed by atoms with E-state index >= 15 is 0 Å². The van der Waals surface area contributed by atoms with Crippen LogP contribution in [-0.4, -0.2) is 22.8 Å². The molecule has 1 aliphatic carbocycles. The van der Waals surface area contributed by atoms with Crippen LogP contribution < -0.4 is 0 Å².